The van der Waals surface area contributed by atoms with Crippen molar-refractivity contribution in [2.75, 3.05) is 33.0 Å². The molecule has 2 amide bonds. The Morgan fingerprint density at radius 2 is 1.91 bits per heavy atom. The Hall–Kier alpha value is -1.97. The molecule has 0 aliphatic carbocycles. The van der Waals surface area contributed by atoms with Crippen LogP contribution in [0.5, 0.6) is 0 Å². The fraction of sp³-hybridized carbons (Fsp3) is 0.429. The molecule has 1 aromatic carbocycles. The molecule has 3 N–H and O–H groups in total. The van der Waals surface area contributed by atoms with Crippen LogP contribution < -0.4 is 16.0 Å². The molecule has 0 radical (unpaired) electrons. The minimum Gasteiger partial charge on any atom is -0.358 e. The second-order valence-electron chi connectivity index (χ2n) is 5.08. The van der Waals surface area contributed by atoms with E-state index in [1.807, 2.05) is 0 Å². The topological polar surface area (TPSA) is 108 Å². The van der Waals surface area contributed by atoms with Gasteiger partial charge in [-0.3, -0.25) is 14.9 Å². The Bertz CT molecular complexity index is 673. The summed E-state index contributed by atoms with van der Waals surface area (Å²) in [5.74, 6) is -0.600. The number of likely N-dealkylation sites (N-methyl/N-ethyl adjacent to an activating group) is 1. The molecule has 0 bridgehead atoms. The predicted molar refractivity (Wildman–Crippen MR) is 87.5 cm³/mol. The predicted octanol–water partition coefficient (Wildman–Crippen LogP) is -0.400. The summed E-state index contributed by atoms with van der Waals surface area (Å²) >= 11 is 0. The monoisotopic (exact) mass is 342 g/mol. The first kappa shape index (κ1) is 19.1. The fourth-order valence-electron chi connectivity index (χ4n) is 1.62. The molecule has 0 aromatic heterocycles. The molecule has 0 unspecified atom stereocenters. The van der Waals surface area contributed by atoms with Crippen LogP contribution in [-0.4, -0.2) is 58.3 Å². The third kappa shape index (κ3) is 5.31. The summed E-state index contributed by atoms with van der Waals surface area (Å²) in [5, 5.41) is 7.82. The maximum Gasteiger partial charge on any atom is 0.242 e. The molecule has 0 fully saturated rings. The van der Waals surface area contributed by atoms with Crippen LogP contribution in [0.15, 0.2) is 29.2 Å². The minimum absolute atomic E-state index is 0.0140. The molecule has 8 nitrogen and oxygen atoms in total. The van der Waals surface area contributed by atoms with E-state index in [0.29, 0.717) is 5.69 Å². The maximum absolute atomic E-state index is 12.1. The van der Waals surface area contributed by atoms with Crippen LogP contribution in [0.4, 0.5) is 5.69 Å². The van der Waals surface area contributed by atoms with Crippen molar-refractivity contribution in [1.29, 1.82) is 0 Å². The van der Waals surface area contributed by atoms with Crippen LogP contribution in [-0.2, 0) is 19.6 Å². The Balaban J connectivity index is 2.78. The summed E-state index contributed by atoms with van der Waals surface area (Å²) in [7, 11) is 0.810. The number of anilines is 1. The fourth-order valence-corrected chi connectivity index (χ4v) is 2.57. The van der Waals surface area contributed by atoms with E-state index in [0.717, 1.165) is 4.31 Å². The number of carbonyl (C=O) groups excluding carboxylic acids is 2. The third-order valence-corrected chi connectivity index (χ3v) is 4.93. The van der Waals surface area contributed by atoms with Crippen LogP contribution in [0, 0.1) is 0 Å². The summed E-state index contributed by atoms with van der Waals surface area (Å²) < 4.78 is 25.2. The van der Waals surface area contributed by atoms with Crippen molar-refractivity contribution in [3.8, 4) is 0 Å². The number of carbonyl (C=O) groups is 2. The van der Waals surface area contributed by atoms with Gasteiger partial charge >= 0.3 is 0 Å². The zero-order valence-corrected chi connectivity index (χ0v) is 14.4. The zero-order valence-electron chi connectivity index (χ0n) is 13.6. The highest BCUT2D eigenvalue weighted by molar-refractivity contribution is 7.89. The number of benzene rings is 1. The first-order valence-corrected chi connectivity index (χ1v) is 8.40. The van der Waals surface area contributed by atoms with E-state index in [-0.39, 0.29) is 23.3 Å². The molecular formula is C14H22N4O4S. The van der Waals surface area contributed by atoms with Gasteiger partial charge in [0.15, 0.2) is 0 Å². The number of nitrogens with zero attached hydrogens (tertiary/aromatic N) is 1. The molecule has 23 heavy (non-hydrogen) atoms. The standard InChI is InChI=1S/C14H22N4O4S/c1-10(16-9-13(19)15-2)14(20)17-11-6-5-7-12(8-11)23(21,22)18(3)4/h5-8,10,16H,9H2,1-4H3,(H,15,19)(H,17,20)/t10-/m1/s1. The summed E-state index contributed by atoms with van der Waals surface area (Å²) in [6.45, 7) is 1.62. The summed E-state index contributed by atoms with van der Waals surface area (Å²) in [6.07, 6.45) is 0. The lowest BCUT2D eigenvalue weighted by molar-refractivity contribution is -0.120. The van der Waals surface area contributed by atoms with Crippen molar-refractivity contribution in [1.82, 2.24) is 14.9 Å². The molecule has 0 heterocycles. The van der Waals surface area contributed by atoms with Crippen molar-refractivity contribution in [3.05, 3.63) is 24.3 Å². The Labute approximate surface area is 136 Å². The molecule has 128 valence electrons. The highest BCUT2D eigenvalue weighted by Gasteiger charge is 2.18. The van der Waals surface area contributed by atoms with E-state index in [9.17, 15) is 18.0 Å². The Kier molecular flexibility index (Phi) is 6.67. The largest absolute Gasteiger partial charge is 0.358 e. The summed E-state index contributed by atoms with van der Waals surface area (Å²) in [6, 6.07) is 5.38. The lowest BCUT2D eigenvalue weighted by Gasteiger charge is -2.15. The van der Waals surface area contributed by atoms with Crippen LogP contribution in [0.2, 0.25) is 0 Å². The number of hydrogen-bond donors (Lipinski definition) is 3. The molecular weight excluding hydrogens is 320 g/mol. The first-order valence-electron chi connectivity index (χ1n) is 6.96. The third-order valence-electron chi connectivity index (χ3n) is 3.12. The maximum atomic E-state index is 12.1. The van der Waals surface area contributed by atoms with Gasteiger partial charge in [0.05, 0.1) is 17.5 Å². The molecule has 1 rings (SSSR count). The molecule has 0 aliphatic rings. The number of hydrogen-bond acceptors (Lipinski definition) is 5. The molecule has 1 aromatic rings. The van der Waals surface area contributed by atoms with Crippen LogP contribution in [0.25, 0.3) is 0 Å². The van der Waals surface area contributed by atoms with E-state index >= 15 is 0 Å². The molecule has 0 aliphatic heterocycles. The average Bonchev–Trinajstić information content (AvgIpc) is 2.52. The van der Waals surface area contributed by atoms with Crippen LogP contribution >= 0.6 is 0 Å². The Morgan fingerprint density at radius 3 is 2.48 bits per heavy atom. The first-order chi connectivity index (χ1) is 10.7. The molecule has 0 saturated heterocycles. The van der Waals surface area contributed by atoms with Gasteiger partial charge in [0.1, 0.15) is 0 Å². The van der Waals surface area contributed by atoms with E-state index in [2.05, 4.69) is 16.0 Å². The zero-order chi connectivity index (χ0) is 17.6. The Morgan fingerprint density at radius 1 is 1.26 bits per heavy atom. The van der Waals surface area contributed by atoms with Gasteiger partial charge in [-0.15, -0.1) is 0 Å². The van der Waals surface area contributed by atoms with Gasteiger partial charge in [0, 0.05) is 26.8 Å². The van der Waals surface area contributed by atoms with Gasteiger partial charge in [-0.05, 0) is 25.1 Å². The highest BCUT2D eigenvalue weighted by atomic mass is 32.2. The van der Waals surface area contributed by atoms with Crippen LogP contribution in [0.3, 0.4) is 0 Å². The highest BCUT2D eigenvalue weighted by Crippen LogP contribution is 2.18. The normalized spacial score (nSPS) is 12.7. The van der Waals surface area contributed by atoms with E-state index in [1.54, 1.807) is 19.1 Å². The van der Waals surface area contributed by atoms with Gasteiger partial charge in [-0.2, -0.15) is 0 Å². The molecule has 1 atom stereocenters. The smallest absolute Gasteiger partial charge is 0.242 e. The van der Waals surface area contributed by atoms with Crippen LogP contribution in [0.1, 0.15) is 6.92 Å². The SMILES string of the molecule is CNC(=O)CN[C@H](C)C(=O)Nc1cccc(S(=O)(=O)N(C)C)c1. The number of rotatable bonds is 7. The van der Waals surface area contributed by atoms with E-state index in [4.69, 9.17) is 0 Å². The number of sulfonamides is 1. The average molecular weight is 342 g/mol. The lowest BCUT2D eigenvalue weighted by atomic mass is 10.2. The molecule has 9 heteroatoms. The second kappa shape index (κ2) is 8.04. The molecule has 0 saturated carbocycles. The van der Waals surface area contributed by atoms with Gasteiger partial charge in [0.2, 0.25) is 21.8 Å². The minimum atomic E-state index is -3.57. The van der Waals surface area contributed by atoms with Crippen molar-refractivity contribution in [3.63, 3.8) is 0 Å². The van der Waals surface area contributed by atoms with Crippen molar-refractivity contribution >= 4 is 27.5 Å². The van der Waals surface area contributed by atoms with Crippen molar-refractivity contribution < 1.29 is 18.0 Å². The van der Waals surface area contributed by atoms with Gasteiger partial charge in [-0.25, -0.2) is 12.7 Å². The number of nitrogens with one attached hydrogen (secondary N) is 3. The lowest BCUT2D eigenvalue weighted by Crippen LogP contribution is -2.42. The van der Waals surface area contributed by atoms with Gasteiger partial charge < -0.3 is 10.6 Å². The number of amides is 2. The molecule has 0 spiro atoms. The van der Waals surface area contributed by atoms with E-state index < -0.39 is 16.1 Å². The second-order valence-corrected chi connectivity index (χ2v) is 7.23. The summed E-state index contributed by atoms with van der Waals surface area (Å²) in [4.78, 5) is 23.3. The van der Waals surface area contributed by atoms with Gasteiger partial charge in [0.25, 0.3) is 0 Å². The van der Waals surface area contributed by atoms with Crippen molar-refractivity contribution in [2.24, 2.45) is 0 Å². The summed E-state index contributed by atoms with van der Waals surface area (Å²) in [5.41, 5.74) is 0.367. The van der Waals surface area contributed by atoms with Crippen molar-refractivity contribution in [2.45, 2.75) is 17.9 Å². The quantitative estimate of drug-likeness (QED) is 0.625. The van der Waals surface area contributed by atoms with E-state index in [1.165, 1.54) is 33.3 Å². The van der Waals surface area contributed by atoms with Gasteiger partial charge in [-0.1, -0.05) is 6.07 Å².